The van der Waals surface area contributed by atoms with E-state index in [-0.39, 0.29) is 0 Å². The molecule has 0 aliphatic heterocycles. The number of halogens is 2. The molecule has 72 valence electrons. The largest absolute Gasteiger partial charge is 0.492 e. The van der Waals surface area contributed by atoms with Crippen molar-refractivity contribution in [3.63, 3.8) is 0 Å². The highest BCUT2D eigenvalue weighted by Crippen LogP contribution is 2.32. The molecule has 0 aromatic heterocycles. The Morgan fingerprint density at radius 1 is 1.38 bits per heavy atom. The predicted octanol–water partition coefficient (Wildman–Crippen LogP) is 3.07. The van der Waals surface area contributed by atoms with E-state index in [1.165, 1.54) is 0 Å². The summed E-state index contributed by atoms with van der Waals surface area (Å²) in [5, 5.41) is 0. The van der Waals surface area contributed by atoms with Gasteiger partial charge in [0.1, 0.15) is 5.75 Å². The van der Waals surface area contributed by atoms with Crippen molar-refractivity contribution in [2.24, 2.45) is 5.73 Å². The fraction of sp³-hybridized carbons (Fsp3) is 0.333. The van der Waals surface area contributed by atoms with Crippen molar-refractivity contribution in [3.05, 3.63) is 26.6 Å². The van der Waals surface area contributed by atoms with Crippen molar-refractivity contribution >= 4 is 31.9 Å². The van der Waals surface area contributed by atoms with Crippen LogP contribution in [0.3, 0.4) is 0 Å². The van der Waals surface area contributed by atoms with Gasteiger partial charge in [-0.15, -0.1) is 0 Å². The minimum atomic E-state index is 0.480. The molecule has 1 rings (SSSR count). The average Bonchev–Trinajstić information content (AvgIpc) is 2.09. The molecule has 0 saturated carbocycles. The molecule has 0 fully saturated rings. The Balaban J connectivity index is 3.13. The van der Waals surface area contributed by atoms with E-state index >= 15 is 0 Å². The monoisotopic (exact) mass is 307 g/mol. The maximum atomic E-state index is 5.60. The zero-order valence-corrected chi connectivity index (χ0v) is 10.5. The molecule has 0 unspecified atom stereocenters. The smallest absolute Gasteiger partial charge is 0.138 e. The van der Waals surface area contributed by atoms with Crippen LogP contribution < -0.4 is 10.5 Å². The third-order valence-corrected chi connectivity index (χ3v) is 2.64. The number of hydrogen-bond donors (Lipinski definition) is 1. The van der Waals surface area contributed by atoms with Crippen LogP contribution in [0.25, 0.3) is 0 Å². The molecule has 0 aliphatic carbocycles. The molecule has 1 aromatic rings. The van der Waals surface area contributed by atoms with Crippen molar-refractivity contribution in [2.45, 2.75) is 13.5 Å². The van der Waals surface area contributed by atoms with E-state index in [0.717, 1.165) is 20.3 Å². The standard InChI is InChI=1S/C9H11Br2NO/c1-2-13-9-6(5-12)3-7(10)4-8(9)11/h3-4H,2,5,12H2,1H3. The van der Waals surface area contributed by atoms with Gasteiger partial charge in [-0.3, -0.25) is 0 Å². The lowest BCUT2D eigenvalue weighted by atomic mass is 10.2. The van der Waals surface area contributed by atoms with Crippen molar-refractivity contribution in [1.82, 2.24) is 0 Å². The Bertz CT molecular complexity index is 302. The molecular formula is C9H11Br2NO. The fourth-order valence-corrected chi connectivity index (χ4v) is 2.50. The van der Waals surface area contributed by atoms with E-state index in [9.17, 15) is 0 Å². The van der Waals surface area contributed by atoms with Crippen LogP contribution in [0.4, 0.5) is 0 Å². The van der Waals surface area contributed by atoms with Crippen molar-refractivity contribution in [2.75, 3.05) is 6.61 Å². The molecule has 13 heavy (non-hydrogen) atoms. The van der Waals surface area contributed by atoms with Gasteiger partial charge in [-0.25, -0.2) is 0 Å². The van der Waals surface area contributed by atoms with Gasteiger partial charge in [-0.1, -0.05) is 15.9 Å². The first-order valence-electron chi connectivity index (χ1n) is 3.99. The summed E-state index contributed by atoms with van der Waals surface area (Å²) in [4.78, 5) is 0. The minimum absolute atomic E-state index is 0.480. The maximum Gasteiger partial charge on any atom is 0.138 e. The highest BCUT2D eigenvalue weighted by atomic mass is 79.9. The fourth-order valence-electron chi connectivity index (χ4n) is 1.07. The molecule has 0 heterocycles. The van der Waals surface area contributed by atoms with E-state index in [1.54, 1.807) is 0 Å². The summed E-state index contributed by atoms with van der Waals surface area (Å²) in [6, 6.07) is 3.92. The highest BCUT2D eigenvalue weighted by Gasteiger charge is 2.07. The second kappa shape index (κ2) is 4.98. The van der Waals surface area contributed by atoms with Crippen LogP contribution in [0, 0.1) is 0 Å². The van der Waals surface area contributed by atoms with E-state index in [0.29, 0.717) is 13.2 Å². The van der Waals surface area contributed by atoms with Gasteiger partial charge in [0.25, 0.3) is 0 Å². The molecule has 0 aliphatic rings. The van der Waals surface area contributed by atoms with Crippen LogP contribution >= 0.6 is 31.9 Å². The lowest BCUT2D eigenvalue weighted by molar-refractivity contribution is 0.334. The summed E-state index contributed by atoms with van der Waals surface area (Å²) >= 11 is 6.83. The summed E-state index contributed by atoms with van der Waals surface area (Å²) in [5.41, 5.74) is 6.60. The molecule has 0 amide bonds. The van der Waals surface area contributed by atoms with Crippen LogP contribution in [-0.2, 0) is 6.54 Å². The number of ether oxygens (including phenoxy) is 1. The number of nitrogens with two attached hydrogens (primary N) is 1. The number of benzene rings is 1. The molecule has 2 N–H and O–H groups in total. The molecule has 4 heteroatoms. The summed E-state index contributed by atoms with van der Waals surface area (Å²) in [7, 11) is 0. The second-order valence-corrected chi connectivity index (χ2v) is 4.28. The zero-order chi connectivity index (χ0) is 9.84. The van der Waals surface area contributed by atoms with Gasteiger partial charge >= 0.3 is 0 Å². The maximum absolute atomic E-state index is 5.60. The first kappa shape index (κ1) is 11.0. The highest BCUT2D eigenvalue weighted by molar-refractivity contribution is 9.11. The van der Waals surface area contributed by atoms with Gasteiger partial charge < -0.3 is 10.5 Å². The van der Waals surface area contributed by atoms with Crippen LogP contribution in [-0.4, -0.2) is 6.61 Å². The first-order valence-corrected chi connectivity index (χ1v) is 5.58. The van der Waals surface area contributed by atoms with Gasteiger partial charge in [0.15, 0.2) is 0 Å². The second-order valence-electron chi connectivity index (χ2n) is 2.51. The van der Waals surface area contributed by atoms with Gasteiger partial charge in [0.2, 0.25) is 0 Å². The molecule has 2 nitrogen and oxygen atoms in total. The van der Waals surface area contributed by atoms with Gasteiger partial charge in [-0.05, 0) is 35.0 Å². The predicted molar refractivity (Wildman–Crippen MR) is 60.9 cm³/mol. The quantitative estimate of drug-likeness (QED) is 0.931. The SMILES string of the molecule is CCOc1c(Br)cc(Br)cc1CN. The topological polar surface area (TPSA) is 35.2 Å². The average molecular weight is 309 g/mol. The van der Waals surface area contributed by atoms with Gasteiger partial charge in [-0.2, -0.15) is 0 Å². The van der Waals surface area contributed by atoms with Crippen LogP contribution in [0.5, 0.6) is 5.75 Å². The number of rotatable bonds is 3. The molecule has 0 atom stereocenters. The van der Waals surface area contributed by atoms with E-state index < -0.39 is 0 Å². The number of hydrogen-bond acceptors (Lipinski definition) is 2. The summed E-state index contributed by atoms with van der Waals surface area (Å²) in [5.74, 6) is 0.841. The van der Waals surface area contributed by atoms with Gasteiger partial charge in [0.05, 0.1) is 11.1 Å². The van der Waals surface area contributed by atoms with Gasteiger partial charge in [0, 0.05) is 16.6 Å². The van der Waals surface area contributed by atoms with Crippen molar-refractivity contribution < 1.29 is 4.74 Å². The minimum Gasteiger partial charge on any atom is -0.492 e. The molecule has 1 aromatic carbocycles. The van der Waals surface area contributed by atoms with Crippen molar-refractivity contribution in [3.8, 4) is 5.75 Å². The molecular weight excluding hydrogens is 298 g/mol. The zero-order valence-electron chi connectivity index (χ0n) is 7.31. The Kier molecular flexibility index (Phi) is 4.22. The van der Waals surface area contributed by atoms with Crippen LogP contribution in [0.2, 0.25) is 0 Å². The normalized spacial score (nSPS) is 10.2. The van der Waals surface area contributed by atoms with Crippen LogP contribution in [0.15, 0.2) is 21.1 Å². The lowest BCUT2D eigenvalue weighted by Crippen LogP contribution is -2.02. The Morgan fingerprint density at radius 3 is 2.62 bits per heavy atom. The molecule has 0 saturated heterocycles. The third-order valence-electron chi connectivity index (χ3n) is 1.59. The third kappa shape index (κ3) is 2.69. The first-order chi connectivity index (χ1) is 6.19. The summed E-state index contributed by atoms with van der Waals surface area (Å²) in [6.45, 7) is 3.08. The summed E-state index contributed by atoms with van der Waals surface area (Å²) < 4.78 is 7.40. The molecule has 0 radical (unpaired) electrons. The van der Waals surface area contributed by atoms with Crippen molar-refractivity contribution in [1.29, 1.82) is 0 Å². The van der Waals surface area contributed by atoms with Crippen LogP contribution in [0.1, 0.15) is 12.5 Å². The Morgan fingerprint density at radius 2 is 2.08 bits per heavy atom. The van der Waals surface area contributed by atoms with E-state index in [4.69, 9.17) is 10.5 Å². The summed E-state index contributed by atoms with van der Waals surface area (Å²) in [6.07, 6.45) is 0. The Hall–Kier alpha value is -0.0600. The Labute approximate surface area is 94.7 Å². The lowest BCUT2D eigenvalue weighted by Gasteiger charge is -2.11. The molecule has 0 bridgehead atoms. The van der Waals surface area contributed by atoms with E-state index in [2.05, 4.69) is 31.9 Å². The molecule has 0 spiro atoms. The van der Waals surface area contributed by atoms with E-state index in [1.807, 2.05) is 19.1 Å².